The van der Waals surface area contributed by atoms with Crippen LogP contribution in [0.1, 0.15) is 29.8 Å². The van der Waals surface area contributed by atoms with E-state index in [-0.39, 0.29) is 17.1 Å². The number of hydrogen-bond acceptors (Lipinski definition) is 8. The minimum Gasteiger partial charge on any atom is -0.496 e. The first-order chi connectivity index (χ1) is 14.3. The molecule has 0 aliphatic carbocycles. The number of ketones is 1. The highest BCUT2D eigenvalue weighted by atomic mass is 16.5. The van der Waals surface area contributed by atoms with Crippen molar-refractivity contribution in [2.24, 2.45) is 0 Å². The Hall–Kier alpha value is -3.81. The summed E-state index contributed by atoms with van der Waals surface area (Å²) in [6, 6.07) is 7.44. The molecule has 8 nitrogen and oxygen atoms in total. The Morgan fingerprint density at radius 3 is 1.90 bits per heavy atom. The number of rotatable bonds is 8. The van der Waals surface area contributed by atoms with Gasteiger partial charge in [0.05, 0.1) is 26.9 Å². The molecule has 0 aliphatic heterocycles. The third-order valence-corrected chi connectivity index (χ3v) is 3.88. The van der Waals surface area contributed by atoms with E-state index in [0.717, 1.165) is 0 Å². The van der Waals surface area contributed by atoms with Crippen molar-refractivity contribution in [3.63, 3.8) is 0 Å². The summed E-state index contributed by atoms with van der Waals surface area (Å²) in [5.41, 5.74) is 0.619. The standard InChI is InChI=1S/C22H22O8/c1-13(23)29-16-7-9-19(30-14(2)24)17(11-16)18(25)8-6-15-10-21(27-4)22(28-5)12-20(15)26-3/h6-12H,1-5H3/b8-6+. The largest absolute Gasteiger partial charge is 0.496 e. The molecule has 0 N–H and O–H groups in total. The van der Waals surface area contributed by atoms with E-state index in [1.165, 1.54) is 65.5 Å². The van der Waals surface area contributed by atoms with Crippen LogP contribution >= 0.6 is 0 Å². The smallest absolute Gasteiger partial charge is 0.308 e. The van der Waals surface area contributed by atoms with Crippen LogP contribution in [-0.2, 0) is 9.59 Å². The minimum absolute atomic E-state index is 0.0485. The van der Waals surface area contributed by atoms with Crippen molar-refractivity contribution >= 4 is 23.8 Å². The van der Waals surface area contributed by atoms with Gasteiger partial charge in [0, 0.05) is 25.5 Å². The van der Waals surface area contributed by atoms with Crippen LogP contribution in [0.5, 0.6) is 28.7 Å². The Morgan fingerprint density at radius 2 is 1.33 bits per heavy atom. The molecule has 0 aromatic heterocycles. The average molecular weight is 414 g/mol. The lowest BCUT2D eigenvalue weighted by molar-refractivity contribution is -0.133. The quantitative estimate of drug-likeness (QED) is 0.280. The first-order valence-corrected chi connectivity index (χ1v) is 8.82. The van der Waals surface area contributed by atoms with Gasteiger partial charge in [-0.3, -0.25) is 14.4 Å². The van der Waals surface area contributed by atoms with Gasteiger partial charge in [0.1, 0.15) is 17.2 Å². The maximum absolute atomic E-state index is 12.8. The van der Waals surface area contributed by atoms with Crippen LogP contribution < -0.4 is 23.7 Å². The highest BCUT2D eigenvalue weighted by molar-refractivity contribution is 6.09. The van der Waals surface area contributed by atoms with Crippen molar-refractivity contribution in [3.05, 3.63) is 47.5 Å². The predicted octanol–water partition coefficient (Wildman–Crippen LogP) is 3.46. The van der Waals surface area contributed by atoms with Crippen molar-refractivity contribution < 1.29 is 38.1 Å². The fraction of sp³-hybridized carbons (Fsp3) is 0.227. The molecule has 0 saturated heterocycles. The van der Waals surface area contributed by atoms with Gasteiger partial charge in [0.2, 0.25) is 0 Å². The lowest BCUT2D eigenvalue weighted by Gasteiger charge is -2.12. The lowest BCUT2D eigenvalue weighted by atomic mass is 10.1. The SMILES string of the molecule is COc1cc(OC)c(OC)cc1/C=C/C(=O)c1cc(OC(C)=O)ccc1OC(C)=O. The fourth-order valence-electron chi connectivity index (χ4n) is 2.61. The van der Waals surface area contributed by atoms with Gasteiger partial charge in [-0.2, -0.15) is 0 Å². The number of hydrogen-bond donors (Lipinski definition) is 0. The molecule has 2 aromatic carbocycles. The zero-order chi connectivity index (χ0) is 22.3. The minimum atomic E-state index is -0.588. The number of benzene rings is 2. The van der Waals surface area contributed by atoms with Crippen molar-refractivity contribution in [1.29, 1.82) is 0 Å². The predicted molar refractivity (Wildman–Crippen MR) is 109 cm³/mol. The third-order valence-electron chi connectivity index (χ3n) is 3.88. The van der Waals surface area contributed by atoms with Crippen LogP contribution in [0, 0.1) is 0 Å². The number of ether oxygens (including phenoxy) is 5. The Labute approximate surface area is 174 Å². The Bertz CT molecular complexity index is 991. The van der Waals surface area contributed by atoms with Gasteiger partial charge < -0.3 is 23.7 Å². The molecule has 30 heavy (non-hydrogen) atoms. The Balaban J connectivity index is 2.44. The zero-order valence-electron chi connectivity index (χ0n) is 17.3. The third kappa shape index (κ3) is 5.60. The molecule has 0 bridgehead atoms. The molecule has 0 atom stereocenters. The van der Waals surface area contributed by atoms with E-state index < -0.39 is 17.7 Å². The zero-order valence-corrected chi connectivity index (χ0v) is 17.3. The molecule has 0 amide bonds. The van der Waals surface area contributed by atoms with Gasteiger partial charge >= 0.3 is 11.9 Å². The monoisotopic (exact) mass is 414 g/mol. The summed E-state index contributed by atoms with van der Waals surface area (Å²) in [7, 11) is 4.49. The summed E-state index contributed by atoms with van der Waals surface area (Å²) in [5, 5.41) is 0. The van der Waals surface area contributed by atoms with Gasteiger partial charge in [-0.25, -0.2) is 0 Å². The highest BCUT2D eigenvalue weighted by Crippen LogP contribution is 2.35. The normalized spacial score (nSPS) is 10.4. The van der Waals surface area contributed by atoms with E-state index >= 15 is 0 Å². The van der Waals surface area contributed by atoms with Crippen LogP contribution in [0.4, 0.5) is 0 Å². The van der Waals surface area contributed by atoms with Gasteiger partial charge in [-0.1, -0.05) is 0 Å². The van der Waals surface area contributed by atoms with Gasteiger partial charge in [-0.15, -0.1) is 0 Å². The van der Waals surface area contributed by atoms with E-state index in [4.69, 9.17) is 23.7 Å². The van der Waals surface area contributed by atoms with Crippen LogP contribution in [0.3, 0.4) is 0 Å². The molecule has 0 fully saturated rings. The molecule has 158 valence electrons. The maximum Gasteiger partial charge on any atom is 0.308 e. The number of carbonyl (C=O) groups is 3. The number of methoxy groups -OCH3 is 3. The molecule has 0 unspecified atom stereocenters. The van der Waals surface area contributed by atoms with Gasteiger partial charge in [0.15, 0.2) is 17.3 Å². The summed E-state index contributed by atoms with van der Waals surface area (Å²) in [4.78, 5) is 35.4. The van der Waals surface area contributed by atoms with E-state index in [1.54, 1.807) is 12.1 Å². The first kappa shape index (κ1) is 22.5. The molecule has 2 rings (SSSR count). The Morgan fingerprint density at radius 1 is 0.733 bits per heavy atom. The molecule has 0 saturated carbocycles. The van der Waals surface area contributed by atoms with Crippen molar-refractivity contribution in [2.45, 2.75) is 13.8 Å². The first-order valence-electron chi connectivity index (χ1n) is 8.82. The summed E-state index contributed by atoms with van der Waals surface area (Å²) in [6.45, 7) is 2.46. The number of carbonyl (C=O) groups excluding carboxylic acids is 3. The molecule has 0 radical (unpaired) electrons. The number of esters is 2. The molecule has 8 heteroatoms. The average Bonchev–Trinajstić information content (AvgIpc) is 2.71. The summed E-state index contributed by atoms with van der Waals surface area (Å²) >= 11 is 0. The van der Waals surface area contributed by atoms with E-state index in [1.807, 2.05) is 0 Å². The Kier molecular flexibility index (Phi) is 7.57. The van der Waals surface area contributed by atoms with Crippen molar-refractivity contribution in [3.8, 4) is 28.7 Å². The molecular weight excluding hydrogens is 392 g/mol. The van der Waals surface area contributed by atoms with Gasteiger partial charge in [0.25, 0.3) is 0 Å². The van der Waals surface area contributed by atoms with Crippen LogP contribution in [-0.4, -0.2) is 39.1 Å². The molecule has 0 heterocycles. The van der Waals surface area contributed by atoms with Gasteiger partial charge in [-0.05, 0) is 36.4 Å². The summed E-state index contributed by atoms with van der Waals surface area (Å²) in [5.74, 6) is -0.00480. The second-order valence-electron chi connectivity index (χ2n) is 5.99. The van der Waals surface area contributed by atoms with E-state index in [9.17, 15) is 14.4 Å². The fourth-order valence-corrected chi connectivity index (χ4v) is 2.61. The van der Waals surface area contributed by atoms with Crippen LogP contribution in [0.15, 0.2) is 36.4 Å². The molecule has 2 aromatic rings. The second-order valence-corrected chi connectivity index (χ2v) is 5.99. The van der Waals surface area contributed by atoms with Crippen LogP contribution in [0.25, 0.3) is 6.08 Å². The summed E-state index contributed by atoms with van der Waals surface area (Å²) in [6.07, 6.45) is 2.81. The topological polar surface area (TPSA) is 97.4 Å². The number of allylic oxidation sites excluding steroid dienone is 1. The summed E-state index contributed by atoms with van der Waals surface area (Å²) < 4.78 is 26.0. The molecular formula is C22H22O8. The van der Waals surface area contributed by atoms with Crippen molar-refractivity contribution in [2.75, 3.05) is 21.3 Å². The second kappa shape index (κ2) is 10.1. The molecule has 0 spiro atoms. The van der Waals surface area contributed by atoms with Crippen molar-refractivity contribution in [1.82, 2.24) is 0 Å². The lowest BCUT2D eigenvalue weighted by Crippen LogP contribution is -2.08. The molecule has 0 aliphatic rings. The highest BCUT2D eigenvalue weighted by Gasteiger charge is 2.16. The van der Waals surface area contributed by atoms with E-state index in [2.05, 4.69) is 0 Å². The maximum atomic E-state index is 12.8. The van der Waals surface area contributed by atoms with Crippen LogP contribution in [0.2, 0.25) is 0 Å². The van der Waals surface area contributed by atoms with E-state index in [0.29, 0.717) is 22.8 Å².